The minimum absolute atomic E-state index is 0.0737. The molecule has 19 heavy (non-hydrogen) atoms. The molecule has 2 N–H and O–H groups in total. The second kappa shape index (κ2) is 7.22. The molecule has 0 radical (unpaired) electrons. The van der Waals surface area contributed by atoms with Crippen LogP contribution in [0.4, 0.5) is 0 Å². The highest BCUT2D eigenvalue weighted by Gasteiger charge is 2.51. The van der Waals surface area contributed by atoms with Gasteiger partial charge >= 0.3 is 0 Å². The zero-order chi connectivity index (χ0) is 15.3. The number of nitrogens with one attached hydrogen (secondary N) is 1. The molecule has 1 aliphatic rings. The number of ether oxygens (including phenoxy) is 1. The number of rotatable bonds is 4. The maximum atomic E-state index is 11.6. The largest absolute Gasteiger partial charge is 0.372 e. The van der Waals surface area contributed by atoms with Crippen molar-refractivity contribution in [2.24, 2.45) is 0 Å². The summed E-state index contributed by atoms with van der Waals surface area (Å²) in [5.74, 6) is -0.129. The first-order valence-electron chi connectivity index (χ1n) is 7.08. The summed E-state index contributed by atoms with van der Waals surface area (Å²) in [6.07, 6.45) is 0.717. The highest BCUT2D eigenvalue weighted by Crippen LogP contribution is 2.38. The molecule has 5 heteroatoms. The normalized spacial score (nSPS) is 24.5. The molecule has 0 saturated carbocycles. The summed E-state index contributed by atoms with van der Waals surface area (Å²) in [5, 5.41) is 14.4. The summed E-state index contributed by atoms with van der Waals surface area (Å²) >= 11 is 0. The summed E-state index contributed by atoms with van der Waals surface area (Å²) in [6.45, 7) is 14.2. The van der Waals surface area contributed by atoms with Gasteiger partial charge in [0.15, 0.2) is 0 Å². The Morgan fingerprint density at radius 1 is 1.37 bits per heavy atom. The molecule has 1 unspecified atom stereocenters. The Morgan fingerprint density at radius 2 is 1.89 bits per heavy atom. The summed E-state index contributed by atoms with van der Waals surface area (Å²) in [6, 6.07) is -0.0737. The highest BCUT2D eigenvalue weighted by atomic mass is 16.5. The zero-order valence-electron chi connectivity index (χ0n) is 13.4. The molecule has 5 nitrogen and oxygen atoms in total. The third kappa shape index (κ3) is 4.44. The van der Waals surface area contributed by atoms with Gasteiger partial charge in [-0.05, 0) is 41.0 Å². The SMILES string of the molecule is CC.CCOCC(=O)NC1CC(C)(C)N(O)C1(C)C. The second-order valence-corrected chi connectivity index (χ2v) is 5.74. The quantitative estimate of drug-likeness (QED) is 0.825. The predicted molar refractivity (Wildman–Crippen MR) is 76.2 cm³/mol. The van der Waals surface area contributed by atoms with Gasteiger partial charge in [0.05, 0.1) is 11.6 Å². The van der Waals surface area contributed by atoms with Gasteiger partial charge in [-0.1, -0.05) is 13.8 Å². The maximum Gasteiger partial charge on any atom is 0.246 e. The average Bonchev–Trinajstić information content (AvgIpc) is 2.50. The van der Waals surface area contributed by atoms with Crippen LogP contribution in [0, 0.1) is 0 Å². The van der Waals surface area contributed by atoms with Crippen molar-refractivity contribution in [3.05, 3.63) is 0 Å². The van der Waals surface area contributed by atoms with Crippen molar-refractivity contribution in [1.29, 1.82) is 0 Å². The van der Waals surface area contributed by atoms with Crippen LogP contribution in [0.2, 0.25) is 0 Å². The fraction of sp³-hybridized carbons (Fsp3) is 0.929. The van der Waals surface area contributed by atoms with E-state index in [9.17, 15) is 10.0 Å². The van der Waals surface area contributed by atoms with Crippen LogP contribution in [0.3, 0.4) is 0 Å². The summed E-state index contributed by atoms with van der Waals surface area (Å²) in [7, 11) is 0. The summed E-state index contributed by atoms with van der Waals surface area (Å²) in [4.78, 5) is 11.6. The molecule has 0 aromatic heterocycles. The average molecular weight is 274 g/mol. The first-order valence-corrected chi connectivity index (χ1v) is 7.08. The van der Waals surface area contributed by atoms with Crippen LogP contribution in [0.15, 0.2) is 0 Å². The van der Waals surface area contributed by atoms with Gasteiger partial charge in [-0.25, -0.2) is 0 Å². The lowest BCUT2D eigenvalue weighted by molar-refractivity contribution is -0.194. The molecule has 0 aromatic rings. The minimum Gasteiger partial charge on any atom is -0.372 e. The van der Waals surface area contributed by atoms with Crippen molar-refractivity contribution in [2.45, 2.75) is 72.0 Å². The minimum atomic E-state index is -0.467. The summed E-state index contributed by atoms with van der Waals surface area (Å²) in [5.41, 5.74) is -0.793. The second-order valence-electron chi connectivity index (χ2n) is 5.74. The number of amides is 1. The van der Waals surface area contributed by atoms with E-state index in [1.807, 2.05) is 48.5 Å². The molecule has 1 atom stereocenters. The maximum absolute atomic E-state index is 11.6. The van der Waals surface area contributed by atoms with Crippen molar-refractivity contribution in [2.75, 3.05) is 13.2 Å². The van der Waals surface area contributed by atoms with Gasteiger partial charge in [0, 0.05) is 12.1 Å². The standard InChI is InChI=1S/C12H24N2O3.C2H6/c1-6-17-8-10(15)13-9-7-11(2,3)14(16)12(9,4)5;1-2/h9,16H,6-8H2,1-5H3,(H,13,15);1-2H3. The molecule has 1 aliphatic heterocycles. The molecule has 114 valence electrons. The number of carbonyl (C=O) groups excluding carboxylic acids is 1. The smallest absolute Gasteiger partial charge is 0.246 e. The lowest BCUT2D eigenvalue weighted by Crippen LogP contribution is -2.53. The lowest BCUT2D eigenvalue weighted by Gasteiger charge is -2.35. The van der Waals surface area contributed by atoms with Crippen molar-refractivity contribution >= 4 is 5.91 Å². The molecule has 1 saturated heterocycles. The van der Waals surface area contributed by atoms with Crippen LogP contribution in [0.5, 0.6) is 0 Å². The van der Waals surface area contributed by atoms with Crippen LogP contribution in [0.25, 0.3) is 0 Å². The van der Waals surface area contributed by atoms with Crippen LogP contribution in [0.1, 0.15) is 54.9 Å². The highest BCUT2D eigenvalue weighted by molar-refractivity contribution is 5.77. The van der Waals surface area contributed by atoms with Gasteiger partial charge in [-0.2, -0.15) is 5.06 Å². The summed E-state index contributed by atoms with van der Waals surface area (Å²) < 4.78 is 5.06. The monoisotopic (exact) mass is 274 g/mol. The molecule has 0 bridgehead atoms. The fourth-order valence-electron chi connectivity index (χ4n) is 2.42. The van der Waals surface area contributed by atoms with E-state index >= 15 is 0 Å². The van der Waals surface area contributed by atoms with Crippen LogP contribution >= 0.6 is 0 Å². The number of nitrogens with zero attached hydrogens (tertiary/aromatic N) is 1. The zero-order valence-corrected chi connectivity index (χ0v) is 13.4. The Kier molecular flexibility index (Phi) is 6.97. The lowest BCUT2D eigenvalue weighted by atomic mass is 9.94. The topological polar surface area (TPSA) is 61.8 Å². The van der Waals surface area contributed by atoms with E-state index in [0.717, 1.165) is 0 Å². The van der Waals surface area contributed by atoms with Gasteiger partial charge in [-0.15, -0.1) is 0 Å². The Bertz CT molecular complexity index is 290. The molecule has 1 fully saturated rings. The molecule has 0 aromatic carbocycles. The van der Waals surface area contributed by atoms with Crippen molar-refractivity contribution in [1.82, 2.24) is 10.4 Å². The number of hydroxylamine groups is 2. The number of carbonyl (C=O) groups is 1. The van der Waals surface area contributed by atoms with E-state index in [-0.39, 0.29) is 24.1 Å². The van der Waals surface area contributed by atoms with E-state index in [1.54, 1.807) is 0 Å². The third-order valence-electron chi connectivity index (χ3n) is 3.45. The molecule has 1 rings (SSSR count). The van der Waals surface area contributed by atoms with Gasteiger partial charge in [0.2, 0.25) is 5.91 Å². The first-order chi connectivity index (χ1) is 8.71. The van der Waals surface area contributed by atoms with Crippen LogP contribution < -0.4 is 5.32 Å². The van der Waals surface area contributed by atoms with E-state index in [2.05, 4.69) is 5.32 Å². The Hall–Kier alpha value is -0.650. The molecular formula is C14H30N2O3. The Balaban J connectivity index is 0.00000154. The van der Waals surface area contributed by atoms with E-state index in [4.69, 9.17) is 4.74 Å². The van der Waals surface area contributed by atoms with Crippen molar-refractivity contribution in [3.63, 3.8) is 0 Å². The number of hydrogen-bond donors (Lipinski definition) is 2. The first kappa shape index (κ1) is 18.4. The molecule has 1 heterocycles. The molecular weight excluding hydrogens is 244 g/mol. The predicted octanol–water partition coefficient (Wildman–Crippen LogP) is 2.19. The van der Waals surface area contributed by atoms with Gasteiger partial charge in [-0.3, -0.25) is 4.79 Å². The Morgan fingerprint density at radius 3 is 2.26 bits per heavy atom. The van der Waals surface area contributed by atoms with E-state index < -0.39 is 5.54 Å². The third-order valence-corrected chi connectivity index (χ3v) is 3.45. The van der Waals surface area contributed by atoms with Crippen molar-refractivity contribution < 1.29 is 14.7 Å². The molecule has 0 spiro atoms. The Labute approximate surface area is 117 Å². The molecule has 0 aliphatic carbocycles. The number of hydrogen-bond acceptors (Lipinski definition) is 4. The van der Waals surface area contributed by atoms with Crippen LogP contribution in [-0.2, 0) is 9.53 Å². The van der Waals surface area contributed by atoms with E-state index in [0.29, 0.717) is 13.0 Å². The fourth-order valence-corrected chi connectivity index (χ4v) is 2.42. The van der Waals surface area contributed by atoms with Crippen LogP contribution in [-0.4, -0.2) is 46.5 Å². The van der Waals surface area contributed by atoms with Crippen molar-refractivity contribution in [3.8, 4) is 0 Å². The van der Waals surface area contributed by atoms with Gasteiger partial charge < -0.3 is 15.3 Å². The molecule has 1 amide bonds. The van der Waals surface area contributed by atoms with E-state index in [1.165, 1.54) is 5.06 Å². The van der Waals surface area contributed by atoms with Gasteiger partial charge in [0.1, 0.15) is 6.61 Å². The van der Waals surface area contributed by atoms with Gasteiger partial charge in [0.25, 0.3) is 0 Å².